The summed E-state index contributed by atoms with van der Waals surface area (Å²) in [5.74, 6) is 0.0408. The van der Waals surface area contributed by atoms with E-state index in [-0.39, 0.29) is 17.0 Å². The Morgan fingerprint density at radius 2 is 1.76 bits per heavy atom. The number of aromatic nitrogens is 6. The van der Waals surface area contributed by atoms with Crippen molar-refractivity contribution in [3.05, 3.63) is 41.7 Å². The number of imidazole rings is 2. The topological polar surface area (TPSA) is 177 Å². The first-order chi connectivity index (χ1) is 21.7. The third kappa shape index (κ3) is 5.49. The van der Waals surface area contributed by atoms with Gasteiger partial charge in [-0.25, -0.2) is 28.7 Å². The lowest BCUT2D eigenvalue weighted by atomic mass is 9.99. The van der Waals surface area contributed by atoms with E-state index in [4.69, 9.17) is 60.0 Å². The Morgan fingerprint density at radius 1 is 1.02 bits per heavy atom. The number of anilines is 1. The number of hydrogen-bond donors (Lipinski definition) is 1. The Kier molecular flexibility index (Phi) is 7.90. The first-order valence-electron chi connectivity index (χ1n) is 13.8. The lowest BCUT2D eigenvalue weighted by molar-refractivity contribution is -0.111. The smallest absolute Gasteiger partial charge is 0.264 e. The minimum Gasteiger partial charge on any atom is -0.382 e. The van der Waals surface area contributed by atoms with E-state index in [2.05, 4.69) is 19.9 Å². The van der Waals surface area contributed by atoms with Crippen LogP contribution in [0.25, 0.3) is 22.2 Å². The molecule has 0 amide bonds. The summed E-state index contributed by atoms with van der Waals surface area (Å²) >= 11 is 6.31. The van der Waals surface area contributed by atoms with Crippen molar-refractivity contribution in [3.8, 4) is 0 Å². The fourth-order valence-corrected chi connectivity index (χ4v) is 8.08. The zero-order chi connectivity index (χ0) is 32.8. The maximum absolute atomic E-state index is 16.3. The van der Waals surface area contributed by atoms with Crippen LogP contribution in [0.5, 0.6) is 0 Å². The van der Waals surface area contributed by atoms with Crippen molar-refractivity contribution in [3.63, 3.8) is 0 Å². The average Bonchev–Trinajstić information content (AvgIpc) is 3.73. The number of aryl methyl sites for hydroxylation is 1. The van der Waals surface area contributed by atoms with Crippen LogP contribution in [0.2, 0.25) is 5.02 Å². The number of nitrogens with zero attached hydrogens (tertiary/aromatic N) is 6. The summed E-state index contributed by atoms with van der Waals surface area (Å²) in [6.07, 6.45) is -8.13. The van der Waals surface area contributed by atoms with Gasteiger partial charge in [0.2, 0.25) is 15.1 Å². The van der Waals surface area contributed by atoms with E-state index in [1.54, 1.807) is 19.1 Å². The van der Waals surface area contributed by atoms with Crippen molar-refractivity contribution in [2.24, 2.45) is 0 Å². The fraction of sp³-hybridized carbons (Fsp3) is 0.500. The second-order valence-electron chi connectivity index (χ2n) is 11.3. The Labute approximate surface area is 267 Å². The molecule has 240 valence electrons. The first-order valence-corrected chi connectivity index (χ1v) is 17.4. The molecule has 4 aromatic rings. The third-order valence-electron chi connectivity index (χ3n) is 8.09. The van der Waals surface area contributed by atoms with Crippen LogP contribution in [0, 0.1) is 6.92 Å². The van der Waals surface area contributed by atoms with Gasteiger partial charge in [0, 0.05) is 5.02 Å². The van der Waals surface area contributed by atoms with Gasteiger partial charge >= 0.3 is 0 Å². The van der Waals surface area contributed by atoms with E-state index in [0.29, 0.717) is 16.1 Å². The molecule has 10 atom stereocenters. The van der Waals surface area contributed by atoms with Crippen LogP contribution >= 0.6 is 26.5 Å². The highest BCUT2D eigenvalue weighted by molar-refractivity contribution is 7.79. The molecule has 0 aliphatic carbocycles. The van der Waals surface area contributed by atoms with Gasteiger partial charge in [-0.05, 0) is 31.5 Å². The molecule has 2 N–H and O–H groups in total. The summed E-state index contributed by atoms with van der Waals surface area (Å²) in [5.41, 5.74) is 6.00. The maximum Gasteiger partial charge on any atom is 0.264 e. The van der Waals surface area contributed by atoms with E-state index < -0.39 is 76.9 Å². The van der Waals surface area contributed by atoms with E-state index in [1.807, 2.05) is 0 Å². The molecule has 4 unspecified atom stereocenters. The van der Waals surface area contributed by atoms with E-state index in [0.717, 1.165) is 11.9 Å². The zero-order valence-corrected chi connectivity index (χ0v) is 26.6. The van der Waals surface area contributed by atoms with E-state index in [9.17, 15) is 9.13 Å². The highest BCUT2D eigenvalue weighted by atomic mass is 35.5. The molecule has 3 fully saturated rings. The Morgan fingerprint density at radius 3 is 2.54 bits per heavy atom. The predicted molar refractivity (Wildman–Crippen MR) is 160 cm³/mol. The van der Waals surface area contributed by atoms with Crippen LogP contribution in [0.1, 0.15) is 24.9 Å². The number of halogens is 3. The van der Waals surface area contributed by atoms with Crippen LogP contribution < -0.4 is 5.73 Å². The van der Waals surface area contributed by atoms with Crippen LogP contribution in [0.3, 0.4) is 0 Å². The summed E-state index contributed by atoms with van der Waals surface area (Å²) in [6, 6.07) is 3.30. The SMILES string of the molecule is [B]P1(=O)OC[C@H]2O[C@@H](n3cnc4c(N)ncnc43)C(F)[C@H]2OP([B])(=O)OC[C@@]2(C)O[C@@H](n3cnc4cc(C)c(Cl)cc43)[C@@H](F)C2O1. The van der Waals surface area contributed by atoms with Crippen molar-refractivity contribution in [2.75, 3.05) is 18.9 Å². The lowest BCUT2D eigenvalue weighted by Crippen LogP contribution is -2.45. The molecule has 46 heavy (non-hydrogen) atoms. The summed E-state index contributed by atoms with van der Waals surface area (Å²) in [6.45, 7) is 1.69. The molecule has 6 heterocycles. The summed E-state index contributed by atoms with van der Waals surface area (Å²) in [4.78, 5) is 16.3. The van der Waals surface area contributed by atoms with Gasteiger partial charge in [-0.2, -0.15) is 0 Å². The first kappa shape index (κ1) is 32.1. The molecular weight excluding hydrogens is 671 g/mol. The minimum atomic E-state index is -4.62. The normalized spacial score (nSPS) is 38.8. The monoisotopic (exact) mass is 695 g/mol. The van der Waals surface area contributed by atoms with Gasteiger partial charge in [0.25, 0.3) is 14.9 Å². The molecule has 7 rings (SSSR count). The average molecular weight is 696 g/mol. The molecular formula is C24H24B2ClF2N7O8P2. The number of hydrogen-bond acceptors (Lipinski definition) is 13. The van der Waals surface area contributed by atoms with Gasteiger partial charge in [-0.1, -0.05) is 11.6 Å². The fourth-order valence-electron chi connectivity index (χ4n) is 5.76. The van der Waals surface area contributed by atoms with E-state index in [1.165, 1.54) is 28.7 Å². The number of rotatable bonds is 2. The van der Waals surface area contributed by atoms with Crippen molar-refractivity contribution in [1.29, 1.82) is 0 Å². The number of nitrogens with two attached hydrogens (primary N) is 1. The van der Waals surface area contributed by atoms with Crippen molar-refractivity contribution >= 4 is 69.7 Å². The molecule has 0 saturated carbocycles. The second-order valence-corrected chi connectivity index (χ2v) is 14.8. The van der Waals surface area contributed by atoms with Gasteiger partial charge in [-0.3, -0.25) is 13.7 Å². The molecule has 3 saturated heterocycles. The van der Waals surface area contributed by atoms with Crippen LogP contribution in [0.4, 0.5) is 14.6 Å². The largest absolute Gasteiger partial charge is 0.382 e. The van der Waals surface area contributed by atoms with Crippen LogP contribution in [-0.4, -0.2) is 93.7 Å². The minimum absolute atomic E-state index is 0.0408. The quantitative estimate of drug-likeness (QED) is 0.238. The van der Waals surface area contributed by atoms with Crippen molar-refractivity contribution in [1.82, 2.24) is 29.1 Å². The summed E-state index contributed by atoms with van der Waals surface area (Å²) in [7, 11) is 2.58. The molecule has 3 aliphatic heterocycles. The molecule has 0 bridgehead atoms. The highest BCUT2D eigenvalue weighted by Crippen LogP contribution is 2.56. The lowest BCUT2D eigenvalue weighted by Gasteiger charge is -2.34. The van der Waals surface area contributed by atoms with Crippen LogP contribution in [-0.2, 0) is 36.7 Å². The number of alkyl halides is 2. The standard InChI is InChI=1S/C24H24B2ClF2N7O8P2/c1-10-3-12-13(4-11(10)27)35(8-33-12)23-16(29)19-24(2,42-23)6-40-46(26,38)43-18-14(5-39-45(25,37)44-19)41-22(15(18)28)36-9-34-17-20(30)31-7-32-21(17)36/h3-4,7-9,14-16,18-19,22-23H,5-6H2,1-2H3,(H2,30,31,32)/t14-,15?,16+,18+,19?,22-,23-,24-,45?,46?/m1/s1. The Hall–Kier alpha value is -2.46. The van der Waals surface area contributed by atoms with Crippen molar-refractivity contribution in [2.45, 2.75) is 62.6 Å². The molecule has 22 heteroatoms. The summed E-state index contributed by atoms with van der Waals surface area (Å²) < 4.78 is 95.5. The van der Waals surface area contributed by atoms with E-state index >= 15 is 8.78 Å². The molecule has 0 spiro atoms. The maximum atomic E-state index is 16.3. The Bertz CT molecular complexity index is 1940. The van der Waals surface area contributed by atoms with Crippen molar-refractivity contribution < 1.29 is 45.5 Å². The van der Waals surface area contributed by atoms with Gasteiger partial charge < -0.3 is 37.9 Å². The molecule has 15 nitrogen and oxygen atoms in total. The second kappa shape index (κ2) is 11.3. The molecule has 1 aromatic carbocycles. The van der Waals surface area contributed by atoms with Gasteiger partial charge in [0.1, 0.15) is 35.8 Å². The Balaban J connectivity index is 1.19. The zero-order valence-electron chi connectivity index (χ0n) is 24.1. The molecule has 3 aliphatic rings. The predicted octanol–water partition coefficient (Wildman–Crippen LogP) is 3.65. The highest BCUT2D eigenvalue weighted by Gasteiger charge is 2.58. The van der Waals surface area contributed by atoms with Gasteiger partial charge in [0.15, 0.2) is 36.3 Å². The van der Waals surface area contributed by atoms with Crippen LogP contribution in [0.15, 0.2) is 31.1 Å². The summed E-state index contributed by atoms with van der Waals surface area (Å²) in [5, 5.41) is 0.404. The molecule has 4 radical (unpaired) electrons. The number of fused-ring (bicyclic) bond motifs is 4. The van der Waals surface area contributed by atoms with Gasteiger partial charge in [-0.15, -0.1) is 0 Å². The number of ether oxygens (including phenoxy) is 2. The number of nitrogen functional groups attached to an aromatic ring is 1. The third-order valence-corrected chi connectivity index (χ3v) is 10.6. The molecule has 3 aromatic heterocycles. The van der Waals surface area contributed by atoms with Gasteiger partial charge in [0.05, 0.1) is 36.9 Å². The number of benzene rings is 1.